The molecule has 0 radical (unpaired) electrons. The number of hydroxylamine groups is 1. The molecule has 2 rings (SSSR count). The molecule has 0 saturated carbocycles. The Kier molecular flexibility index (Phi) is 5.62. The van der Waals surface area contributed by atoms with Crippen LogP contribution in [0.5, 0.6) is 0 Å². The molecular formula is C16H13ClFN3O3. The van der Waals surface area contributed by atoms with Crippen molar-refractivity contribution in [2.24, 2.45) is 5.10 Å². The van der Waals surface area contributed by atoms with Gasteiger partial charge >= 0.3 is 0 Å². The van der Waals surface area contributed by atoms with Crippen molar-refractivity contribution in [3.05, 3.63) is 70.0 Å². The summed E-state index contributed by atoms with van der Waals surface area (Å²) >= 11 is 5.65. The summed E-state index contributed by atoms with van der Waals surface area (Å²) in [6.07, 6.45) is 1.38. The zero-order valence-corrected chi connectivity index (χ0v) is 13.3. The van der Waals surface area contributed by atoms with Crippen LogP contribution in [0.4, 0.5) is 4.39 Å². The Balaban J connectivity index is 2.10. The Hall–Kier alpha value is -2.77. The molecule has 24 heavy (non-hydrogen) atoms. The van der Waals surface area contributed by atoms with Crippen LogP contribution >= 0.6 is 11.6 Å². The van der Waals surface area contributed by atoms with Crippen molar-refractivity contribution in [2.75, 3.05) is 7.05 Å². The topological polar surface area (TPSA) is 82.0 Å². The number of halogens is 2. The van der Waals surface area contributed by atoms with Gasteiger partial charge in [-0.15, -0.1) is 0 Å². The second-order valence-corrected chi connectivity index (χ2v) is 5.20. The van der Waals surface area contributed by atoms with Gasteiger partial charge in [-0.05, 0) is 35.9 Å². The fourth-order valence-corrected chi connectivity index (χ4v) is 1.99. The summed E-state index contributed by atoms with van der Waals surface area (Å²) in [4.78, 5) is 23.3. The van der Waals surface area contributed by atoms with Crippen molar-refractivity contribution < 1.29 is 19.2 Å². The number of hydrogen-bond acceptors (Lipinski definition) is 4. The van der Waals surface area contributed by atoms with Gasteiger partial charge in [0.25, 0.3) is 11.8 Å². The standard InChI is InChI=1S/C16H13ClFN3O3/c1-21(16(23)13-7-6-12(17)8-14(13)18)19-9-10-2-4-11(5-3-10)15(22)20-24/h2-9,24H,1H3,(H,20,22). The molecule has 0 fully saturated rings. The van der Waals surface area contributed by atoms with Crippen molar-refractivity contribution in [1.29, 1.82) is 0 Å². The van der Waals surface area contributed by atoms with Crippen LogP contribution in [0.3, 0.4) is 0 Å². The molecule has 2 N–H and O–H groups in total. The van der Waals surface area contributed by atoms with Crippen LogP contribution in [-0.4, -0.2) is 35.3 Å². The van der Waals surface area contributed by atoms with E-state index in [-0.39, 0.29) is 16.1 Å². The van der Waals surface area contributed by atoms with Crippen LogP contribution < -0.4 is 5.48 Å². The molecule has 2 aromatic rings. The van der Waals surface area contributed by atoms with Crippen molar-refractivity contribution in [3.63, 3.8) is 0 Å². The summed E-state index contributed by atoms with van der Waals surface area (Å²) in [6.45, 7) is 0. The average molecular weight is 350 g/mol. The molecule has 2 amide bonds. The van der Waals surface area contributed by atoms with Gasteiger partial charge in [-0.1, -0.05) is 23.7 Å². The number of nitrogens with zero attached hydrogens (tertiary/aromatic N) is 2. The van der Waals surface area contributed by atoms with Gasteiger partial charge in [0, 0.05) is 17.6 Å². The smallest absolute Gasteiger partial charge is 0.276 e. The van der Waals surface area contributed by atoms with Crippen LogP contribution in [0.25, 0.3) is 0 Å². The minimum Gasteiger partial charge on any atom is -0.288 e. The molecule has 6 nitrogen and oxygen atoms in total. The first kappa shape index (κ1) is 17.6. The van der Waals surface area contributed by atoms with Gasteiger partial charge in [0.15, 0.2) is 0 Å². The maximum Gasteiger partial charge on any atom is 0.276 e. The average Bonchev–Trinajstić information content (AvgIpc) is 2.59. The zero-order chi connectivity index (χ0) is 17.7. The molecule has 0 aliphatic carbocycles. The van der Waals surface area contributed by atoms with E-state index >= 15 is 0 Å². The molecule has 8 heteroatoms. The molecule has 0 atom stereocenters. The molecule has 0 spiro atoms. The Morgan fingerprint density at radius 1 is 1.25 bits per heavy atom. The molecule has 0 aromatic heterocycles. The highest BCUT2D eigenvalue weighted by molar-refractivity contribution is 6.30. The molecule has 0 heterocycles. The van der Waals surface area contributed by atoms with Gasteiger partial charge in [0.2, 0.25) is 0 Å². The third-order valence-corrected chi connectivity index (χ3v) is 3.34. The first-order chi connectivity index (χ1) is 11.4. The van der Waals surface area contributed by atoms with E-state index in [4.69, 9.17) is 16.8 Å². The van der Waals surface area contributed by atoms with Crippen LogP contribution in [0.1, 0.15) is 26.3 Å². The van der Waals surface area contributed by atoms with Crippen LogP contribution in [0.2, 0.25) is 5.02 Å². The number of rotatable bonds is 4. The largest absolute Gasteiger partial charge is 0.288 e. The van der Waals surface area contributed by atoms with E-state index in [0.717, 1.165) is 11.1 Å². The third-order valence-electron chi connectivity index (χ3n) is 3.11. The molecule has 0 bridgehead atoms. The summed E-state index contributed by atoms with van der Waals surface area (Å²) < 4.78 is 13.7. The SMILES string of the molecule is CN(N=Cc1ccc(C(=O)NO)cc1)C(=O)c1ccc(Cl)cc1F. The fraction of sp³-hybridized carbons (Fsp3) is 0.0625. The number of hydrogen-bond donors (Lipinski definition) is 2. The number of nitrogens with one attached hydrogen (secondary N) is 1. The summed E-state index contributed by atoms with van der Waals surface area (Å²) in [7, 11) is 1.39. The van der Waals surface area contributed by atoms with E-state index in [1.54, 1.807) is 12.1 Å². The summed E-state index contributed by atoms with van der Waals surface area (Å²) in [6, 6.07) is 9.87. The molecular weight excluding hydrogens is 337 g/mol. The molecule has 2 aromatic carbocycles. The molecule has 0 unspecified atom stereocenters. The van der Waals surface area contributed by atoms with Crippen LogP contribution in [-0.2, 0) is 0 Å². The van der Waals surface area contributed by atoms with Crippen molar-refractivity contribution in [3.8, 4) is 0 Å². The molecule has 0 aliphatic heterocycles. The minimum atomic E-state index is -0.728. The van der Waals surface area contributed by atoms with E-state index in [0.29, 0.717) is 5.56 Å². The van der Waals surface area contributed by atoms with Crippen molar-refractivity contribution in [1.82, 2.24) is 10.5 Å². The number of carbonyl (C=O) groups is 2. The number of benzene rings is 2. The van der Waals surface area contributed by atoms with E-state index in [1.165, 1.54) is 43.0 Å². The van der Waals surface area contributed by atoms with Crippen molar-refractivity contribution in [2.45, 2.75) is 0 Å². The molecule has 124 valence electrons. The first-order valence-electron chi connectivity index (χ1n) is 6.74. The van der Waals surface area contributed by atoms with Gasteiger partial charge in [-0.2, -0.15) is 5.10 Å². The second-order valence-electron chi connectivity index (χ2n) is 4.76. The Labute approximate surface area is 142 Å². The highest BCUT2D eigenvalue weighted by Gasteiger charge is 2.15. The predicted molar refractivity (Wildman–Crippen MR) is 86.8 cm³/mol. The first-order valence-corrected chi connectivity index (χ1v) is 7.11. The second kappa shape index (κ2) is 7.67. The van der Waals surface area contributed by atoms with Gasteiger partial charge in [0.1, 0.15) is 5.82 Å². The Morgan fingerprint density at radius 3 is 2.50 bits per heavy atom. The minimum absolute atomic E-state index is 0.144. The van der Waals surface area contributed by atoms with E-state index in [2.05, 4.69) is 5.10 Å². The number of amides is 2. The van der Waals surface area contributed by atoms with E-state index < -0.39 is 17.6 Å². The van der Waals surface area contributed by atoms with Gasteiger partial charge < -0.3 is 0 Å². The van der Waals surface area contributed by atoms with Crippen LogP contribution in [0, 0.1) is 5.82 Å². The Bertz CT molecular complexity index is 794. The highest BCUT2D eigenvalue weighted by Crippen LogP contribution is 2.16. The quantitative estimate of drug-likeness (QED) is 0.506. The normalized spacial score (nSPS) is 10.7. The van der Waals surface area contributed by atoms with E-state index in [9.17, 15) is 14.0 Å². The molecule has 0 saturated heterocycles. The van der Waals surface area contributed by atoms with Crippen molar-refractivity contribution >= 4 is 29.6 Å². The molecule has 0 aliphatic rings. The maximum absolute atomic E-state index is 13.7. The number of carbonyl (C=O) groups excluding carboxylic acids is 2. The van der Waals surface area contributed by atoms with Gasteiger partial charge in [-0.25, -0.2) is 14.9 Å². The zero-order valence-electron chi connectivity index (χ0n) is 12.5. The van der Waals surface area contributed by atoms with E-state index in [1.807, 2.05) is 0 Å². The van der Waals surface area contributed by atoms with Crippen LogP contribution in [0.15, 0.2) is 47.6 Å². The predicted octanol–water partition coefficient (Wildman–Crippen LogP) is 2.70. The van der Waals surface area contributed by atoms with Gasteiger partial charge in [-0.3, -0.25) is 14.8 Å². The lowest BCUT2D eigenvalue weighted by atomic mass is 10.1. The highest BCUT2D eigenvalue weighted by atomic mass is 35.5. The number of hydrazone groups is 1. The summed E-state index contributed by atoms with van der Waals surface area (Å²) in [5.74, 6) is -1.99. The Morgan fingerprint density at radius 2 is 1.92 bits per heavy atom. The monoisotopic (exact) mass is 349 g/mol. The summed E-state index contributed by atoms with van der Waals surface area (Å²) in [5.41, 5.74) is 2.26. The lowest BCUT2D eigenvalue weighted by molar-refractivity contribution is 0.0706. The van der Waals surface area contributed by atoms with Gasteiger partial charge in [0.05, 0.1) is 11.8 Å². The summed E-state index contributed by atoms with van der Waals surface area (Å²) in [5, 5.41) is 13.7. The fourth-order valence-electron chi connectivity index (χ4n) is 1.83. The third kappa shape index (κ3) is 4.15. The lowest BCUT2D eigenvalue weighted by Crippen LogP contribution is -2.22. The lowest BCUT2D eigenvalue weighted by Gasteiger charge is -2.11. The maximum atomic E-state index is 13.7.